The molecule has 4 N–H and O–H groups in total. The van der Waals surface area contributed by atoms with Crippen molar-refractivity contribution in [1.82, 2.24) is 15.6 Å². The highest BCUT2D eigenvalue weighted by atomic mass is 16.4. The first-order valence-electron chi connectivity index (χ1n) is 5.82. The van der Waals surface area contributed by atoms with E-state index in [0.29, 0.717) is 0 Å². The highest BCUT2D eigenvalue weighted by molar-refractivity contribution is 5.82. The molecule has 19 heavy (non-hydrogen) atoms. The van der Waals surface area contributed by atoms with Gasteiger partial charge in [-0.3, -0.25) is 4.98 Å². The van der Waals surface area contributed by atoms with Gasteiger partial charge in [-0.25, -0.2) is 9.59 Å². The zero-order chi connectivity index (χ0) is 14.3. The number of carbonyl (C=O) groups is 2. The molecule has 0 aliphatic heterocycles. The number of amides is 2. The summed E-state index contributed by atoms with van der Waals surface area (Å²) in [5, 5.41) is 22.3. The van der Waals surface area contributed by atoms with E-state index in [1.54, 1.807) is 12.4 Å². The molecule has 0 saturated heterocycles. The lowest BCUT2D eigenvalue weighted by Gasteiger charge is -2.14. The van der Waals surface area contributed by atoms with Crippen LogP contribution < -0.4 is 10.6 Å². The van der Waals surface area contributed by atoms with Crippen LogP contribution in [0.4, 0.5) is 4.79 Å². The number of carboxylic acid groups (broad SMARTS) is 1. The molecule has 0 aliphatic rings. The molecule has 1 rings (SSSR count). The molecule has 0 saturated carbocycles. The third kappa shape index (κ3) is 4.92. The van der Waals surface area contributed by atoms with Gasteiger partial charge in [0, 0.05) is 32.0 Å². The Bertz CT molecular complexity index is 450. The van der Waals surface area contributed by atoms with Gasteiger partial charge in [0.15, 0.2) is 0 Å². The summed E-state index contributed by atoms with van der Waals surface area (Å²) >= 11 is 0. The molecule has 0 radical (unpaired) electrons. The first-order valence-corrected chi connectivity index (χ1v) is 5.82. The van der Waals surface area contributed by atoms with Gasteiger partial charge in [-0.1, -0.05) is 0 Å². The van der Waals surface area contributed by atoms with Crippen LogP contribution in [0.2, 0.25) is 0 Å². The summed E-state index contributed by atoms with van der Waals surface area (Å²) in [4.78, 5) is 26.3. The number of aromatic nitrogens is 1. The van der Waals surface area contributed by atoms with E-state index < -0.39 is 18.0 Å². The number of aliphatic hydroxyl groups is 1. The molecule has 1 aromatic rings. The summed E-state index contributed by atoms with van der Waals surface area (Å²) in [5.41, 5.74) is 1.84. The molecule has 1 aromatic heterocycles. The summed E-state index contributed by atoms with van der Waals surface area (Å²) in [7, 11) is 0. The molecule has 104 valence electrons. The van der Waals surface area contributed by atoms with Crippen molar-refractivity contribution < 1.29 is 19.8 Å². The summed E-state index contributed by atoms with van der Waals surface area (Å²) in [6, 6.07) is 0.130. The van der Waals surface area contributed by atoms with Crippen LogP contribution in [0.3, 0.4) is 0 Å². The quantitative estimate of drug-likeness (QED) is 0.581. The lowest BCUT2D eigenvalue weighted by molar-refractivity contribution is -0.139. The number of urea groups is 1. The lowest BCUT2D eigenvalue weighted by Crippen LogP contribution is -2.46. The van der Waals surface area contributed by atoms with E-state index in [-0.39, 0.29) is 19.6 Å². The number of rotatable bonds is 6. The number of pyridine rings is 1. The molecule has 1 heterocycles. The maximum atomic E-state index is 11.5. The van der Waals surface area contributed by atoms with Crippen LogP contribution in [0.5, 0.6) is 0 Å². The largest absolute Gasteiger partial charge is 0.480 e. The molecule has 7 nitrogen and oxygen atoms in total. The Kier molecular flexibility index (Phi) is 5.74. The van der Waals surface area contributed by atoms with Gasteiger partial charge in [-0.2, -0.15) is 0 Å². The van der Waals surface area contributed by atoms with Gasteiger partial charge < -0.3 is 20.8 Å². The first kappa shape index (κ1) is 14.9. The monoisotopic (exact) mass is 267 g/mol. The number of hydrogen-bond donors (Lipinski definition) is 4. The first-order chi connectivity index (χ1) is 9.04. The van der Waals surface area contributed by atoms with E-state index in [4.69, 9.17) is 10.2 Å². The Morgan fingerprint density at radius 2 is 2.21 bits per heavy atom. The fourth-order valence-electron chi connectivity index (χ4n) is 1.45. The van der Waals surface area contributed by atoms with Crippen LogP contribution in [0, 0.1) is 6.92 Å². The topological polar surface area (TPSA) is 112 Å². The minimum atomic E-state index is -1.18. The van der Waals surface area contributed by atoms with Crippen molar-refractivity contribution in [2.75, 3.05) is 6.61 Å². The van der Waals surface area contributed by atoms with Gasteiger partial charge in [0.2, 0.25) is 0 Å². The molecule has 7 heteroatoms. The van der Waals surface area contributed by atoms with Gasteiger partial charge in [-0.15, -0.1) is 0 Å². The van der Waals surface area contributed by atoms with Crippen LogP contribution in [0.25, 0.3) is 0 Å². The van der Waals surface area contributed by atoms with Crippen LogP contribution in [0.1, 0.15) is 17.5 Å². The second-order valence-electron chi connectivity index (χ2n) is 4.03. The summed E-state index contributed by atoms with van der Waals surface area (Å²) in [6.45, 7) is 1.85. The van der Waals surface area contributed by atoms with Gasteiger partial charge in [0.25, 0.3) is 0 Å². The third-order valence-electron chi connectivity index (χ3n) is 2.61. The van der Waals surface area contributed by atoms with Gasteiger partial charge in [0.05, 0.1) is 0 Å². The van der Waals surface area contributed by atoms with E-state index in [2.05, 4.69) is 15.6 Å². The van der Waals surface area contributed by atoms with E-state index in [1.165, 1.54) is 0 Å². The molecule has 0 aliphatic carbocycles. The Morgan fingerprint density at radius 3 is 2.79 bits per heavy atom. The zero-order valence-corrected chi connectivity index (χ0v) is 10.6. The highest BCUT2D eigenvalue weighted by Crippen LogP contribution is 2.03. The van der Waals surface area contributed by atoms with Crippen molar-refractivity contribution in [3.63, 3.8) is 0 Å². The van der Waals surface area contributed by atoms with Crippen LogP contribution in [-0.4, -0.2) is 39.8 Å². The van der Waals surface area contributed by atoms with Crippen LogP contribution in [-0.2, 0) is 11.3 Å². The molecule has 0 aromatic carbocycles. The second-order valence-corrected chi connectivity index (χ2v) is 4.03. The fourth-order valence-corrected chi connectivity index (χ4v) is 1.45. The van der Waals surface area contributed by atoms with Crippen LogP contribution in [0.15, 0.2) is 18.5 Å². The molecule has 1 unspecified atom stereocenters. The van der Waals surface area contributed by atoms with Crippen molar-refractivity contribution in [2.24, 2.45) is 0 Å². The number of carboxylic acids is 1. The number of aliphatic carboxylic acids is 1. The molecule has 0 bridgehead atoms. The number of nitrogens with zero attached hydrogens (tertiary/aromatic N) is 1. The van der Waals surface area contributed by atoms with E-state index in [1.807, 2.05) is 13.0 Å². The highest BCUT2D eigenvalue weighted by Gasteiger charge is 2.18. The molecule has 1 atom stereocenters. The van der Waals surface area contributed by atoms with Crippen molar-refractivity contribution >= 4 is 12.0 Å². The number of aliphatic hydroxyl groups excluding tert-OH is 1. The van der Waals surface area contributed by atoms with Crippen molar-refractivity contribution in [3.05, 3.63) is 29.6 Å². The zero-order valence-electron chi connectivity index (χ0n) is 10.6. The Balaban J connectivity index is 2.47. The lowest BCUT2D eigenvalue weighted by atomic mass is 10.1. The molecule has 0 fully saturated rings. The van der Waals surface area contributed by atoms with E-state index >= 15 is 0 Å². The Morgan fingerprint density at radius 1 is 1.47 bits per heavy atom. The minimum absolute atomic E-state index is 0.0331. The number of nitrogens with one attached hydrogen (secondary N) is 2. The van der Waals surface area contributed by atoms with Gasteiger partial charge in [0.1, 0.15) is 6.04 Å². The summed E-state index contributed by atoms with van der Waals surface area (Å²) in [6.07, 6.45) is 3.26. The van der Waals surface area contributed by atoms with Crippen molar-refractivity contribution in [1.29, 1.82) is 0 Å². The fraction of sp³-hybridized carbons (Fsp3) is 0.417. The van der Waals surface area contributed by atoms with E-state index in [9.17, 15) is 9.59 Å². The molecular weight excluding hydrogens is 250 g/mol. The van der Waals surface area contributed by atoms with Crippen molar-refractivity contribution in [2.45, 2.75) is 25.9 Å². The van der Waals surface area contributed by atoms with Gasteiger partial charge >= 0.3 is 12.0 Å². The van der Waals surface area contributed by atoms with Gasteiger partial charge in [-0.05, 0) is 24.1 Å². The third-order valence-corrected chi connectivity index (χ3v) is 2.61. The average molecular weight is 267 g/mol. The smallest absolute Gasteiger partial charge is 0.326 e. The summed E-state index contributed by atoms with van der Waals surface area (Å²) in [5.74, 6) is -1.18. The molecular formula is C12H17N3O4. The predicted molar refractivity (Wildman–Crippen MR) is 67.5 cm³/mol. The Hall–Kier alpha value is -2.15. The maximum absolute atomic E-state index is 11.5. The Labute approximate surface area is 110 Å². The normalized spacial score (nSPS) is 11.7. The van der Waals surface area contributed by atoms with Crippen molar-refractivity contribution in [3.8, 4) is 0 Å². The standard InChI is InChI=1S/C12H17N3O4/c1-8-2-4-13-6-9(8)7-14-12(19)15-10(3-5-16)11(17)18/h2,4,6,10,16H,3,5,7H2,1H3,(H,17,18)(H2,14,15,19). The summed E-state index contributed by atoms with van der Waals surface area (Å²) < 4.78 is 0. The minimum Gasteiger partial charge on any atom is -0.480 e. The molecule has 0 spiro atoms. The molecule has 2 amide bonds. The SMILES string of the molecule is Cc1ccncc1CNC(=O)NC(CCO)C(=O)O. The average Bonchev–Trinajstić information content (AvgIpc) is 2.37. The predicted octanol–water partition coefficient (Wildman–Crippen LogP) is 0.0248. The number of carbonyl (C=O) groups excluding carboxylic acids is 1. The second kappa shape index (κ2) is 7.32. The number of aryl methyl sites for hydroxylation is 1. The van der Waals surface area contributed by atoms with E-state index in [0.717, 1.165) is 11.1 Å². The number of hydrogen-bond acceptors (Lipinski definition) is 4. The maximum Gasteiger partial charge on any atom is 0.326 e. The van der Waals surface area contributed by atoms with Crippen LogP contribution >= 0.6 is 0 Å².